The predicted octanol–water partition coefficient (Wildman–Crippen LogP) is 4.78. The number of esters is 1. The number of ether oxygens (including phenoxy) is 1. The highest BCUT2D eigenvalue weighted by Crippen LogP contribution is 2.68. The van der Waals surface area contributed by atoms with Crippen molar-refractivity contribution in [2.75, 3.05) is 0 Å². The maximum Gasteiger partial charge on any atom is 0.331 e. The maximum absolute atomic E-state index is 12.0. The van der Waals surface area contributed by atoms with Crippen LogP contribution in [0.15, 0.2) is 36.5 Å². The number of carbonyl (C=O) groups is 2. The Bertz CT molecular complexity index is 762. The molecule has 0 aromatic rings. The van der Waals surface area contributed by atoms with Crippen LogP contribution in [-0.4, -0.2) is 17.4 Å². The zero-order chi connectivity index (χ0) is 18.8. The molecule has 0 unspecified atom stereocenters. The molecule has 1 heterocycles. The van der Waals surface area contributed by atoms with E-state index >= 15 is 0 Å². The molecule has 5 rings (SSSR count). The Morgan fingerprint density at radius 3 is 2.81 bits per heavy atom. The van der Waals surface area contributed by atoms with E-state index in [1.807, 2.05) is 0 Å². The van der Waals surface area contributed by atoms with E-state index < -0.39 is 0 Å². The minimum Gasteiger partial charge on any atom is -0.451 e. The van der Waals surface area contributed by atoms with Gasteiger partial charge in [0.25, 0.3) is 0 Å². The molecule has 3 fully saturated rings. The molecule has 1 spiro atoms. The van der Waals surface area contributed by atoms with Gasteiger partial charge in [-0.25, -0.2) is 4.79 Å². The summed E-state index contributed by atoms with van der Waals surface area (Å²) < 4.78 is 6.01. The van der Waals surface area contributed by atoms with Crippen LogP contribution < -0.4 is 0 Å². The van der Waals surface area contributed by atoms with Crippen molar-refractivity contribution in [1.29, 1.82) is 0 Å². The number of allylic oxidation sites excluding steroid dienone is 3. The topological polar surface area (TPSA) is 43.4 Å². The van der Waals surface area contributed by atoms with Crippen molar-refractivity contribution in [3.8, 4) is 0 Å². The largest absolute Gasteiger partial charge is 0.451 e. The molecule has 0 radical (unpaired) electrons. The van der Waals surface area contributed by atoms with Crippen LogP contribution in [-0.2, 0) is 14.3 Å². The van der Waals surface area contributed by atoms with E-state index in [1.165, 1.54) is 12.0 Å². The molecule has 0 aromatic carbocycles. The molecule has 0 amide bonds. The Kier molecular flexibility index (Phi) is 3.83. The first-order chi connectivity index (χ1) is 13.0. The lowest BCUT2D eigenvalue weighted by Crippen LogP contribution is -2.55. The van der Waals surface area contributed by atoms with Gasteiger partial charge in [-0.2, -0.15) is 0 Å². The molecule has 4 aliphatic carbocycles. The molecule has 0 N–H and O–H groups in total. The van der Waals surface area contributed by atoms with Crippen molar-refractivity contribution in [3.05, 3.63) is 36.5 Å². The molecular formula is C24H30O3. The summed E-state index contributed by atoms with van der Waals surface area (Å²) in [5, 5.41) is 0. The number of ketones is 1. The molecule has 0 aromatic heterocycles. The average molecular weight is 367 g/mol. The Morgan fingerprint density at radius 1 is 1.26 bits per heavy atom. The summed E-state index contributed by atoms with van der Waals surface area (Å²) in [4.78, 5) is 24.0. The van der Waals surface area contributed by atoms with E-state index in [4.69, 9.17) is 4.74 Å². The monoisotopic (exact) mass is 366 g/mol. The van der Waals surface area contributed by atoms with Gasteiger partial charge in [-0.15, -0.1) is 6.58 Å². The number of carbonyl (C=O) groups excluding carboxylic acids is 2. The van der Waals surface area contributed by atoms with E-state index in [0.717, 1.165) is 38.5 Å². The van der Waals surface area contributed by atoms with Crippen LogP contribution in [0.3, 0.4) is 0 Å². The summed E-state index contributed by atoms with van der Waals surface area (Å²) in [6.45, 7) is 6.45. The van der Waals surface area contributed by atoms with E-state index in [0.29, 0.717) is 41.8 Å². The van der Waals surface area contributed by atoms with Gasteiger partial charge in [0.15, 0.2) is 0 Å². The lowest BCUT2D eigenvalue weighted by Gasteiger charge is -2.57. The lowest BCUT2D eigenvalue weighted by atomic mass is 9.48. The molecular weight excluding hydrogens is 336 g/mol. The van der Waals surface area contributed by atoms with Gasteiger partial charge in [0.2, 0.25) is 0 Å². The van der Waals surface area contributed by atoms with Crippen LogP contribution in [0.4, 0.5) is 0 Å². The van der Waals surface area contributed by atoms with Gasteiger partial charge in [-0.05, 0) is 74.2 Å². The minimum absolute atomic E-state index is 0.0634. The van der Waals surface area contributed by atoms with Gasteiger partial charge in [0, 0.05) is 24.3 Å². The van der Waals surface area contributed by atoms with Gasteiger partial charge in [0.05, 0.1) is 0 Å². The van der Waals surface area contributed by atoms with Crippen LogP contribution in [0.1, 0.15) is 58.3 Å². The molecule has 3 heteroatoms. The molecule has 5 aliphatic rings. The summed E-state index contributed by atoms with van der Waals surface area (Å²) in [6, 6.07) is 0. The fraction of sp³-hybridized carbons (Fsp3) is 0.667. The second-order valence-corrected chi connectivity index (χ2v) is 9.49. The Balaban J connectivity index is 1.56. The maximum atomic E-state index is 12.0. The first kappa shape index (κ1) is 17.5. The zero-order valence-electron chi connectivity index (χ0n) is 16.3. The first-order valence-electron chi connectivity index (χ1n) is 10.8. The van der Waals surface area contributed by atoms with Crippen molar-refractivity contribution in [3.63, 3.8) is 0 Å². The van der Waals surface area contributed by atoms with Crippen LogP contribution in [0.5, 0.6) is 0 Å². The standard InChI is InChI=1S/C24H30O3/c1-3-15-13-16-14-17(25)5-6-18(16)19-7-10-23(4-2)20(22(15)19)8-11-24(23)12-9-21(26)27-24/h3,9,12-13,15,18-20,22H,1,4-8,10-11,14H2,2H3/t15-,18+,19-,20+,22-,23+,24-/m1/s1. The van der Waals surface area contributed by atoms with Crippen LogP contribution in [0.2, 0.25) is 0 Å². The summed E-state index contributed by atoms with van der Waals surface area (Å²) >= 11 is 0. The van der Waals surface area contributed by atoms with Gasteiger partial charge < -0.3 is 4.74 Å². The van der Waals surface area contributed by atoms with Crippen molar-refractivity contribution in [1.82, 2.24) is 0 Å². The normalized spacial score (nSPS) is 47.9. The number of hydrogen-bond acceptors (Lipinski definition) is 3. The molecule has 0 saturated heterocycles. The fourth-order valence-corrected chi connectivity index (χ4v) is 7.90. The highest BCUT2D eigenvalue weighted by molar-refractivity contribution is 5.85. The second-order valence-electron chi connectivity index (χ2n) is 9.49. The van der Waals surface area contributed by atoms with Crippen LogP contribution in [0.25, 0.3) is 0 Å². The molecule has 3 nitrogen and oxygen atoms in total. The van der Waals surface area contributed by atoms with Gasteiger partial charge >= 0.3 is 5.97 Å². The van der Waals surface area contributed by atoms with E-state index in [1.54, 1.807) is 6.08 Å². The highest BCUT2D eigenvalue weighted by Gasteiger charge is 2.66. The Hall–Kier alpha value is -1.64. The second kappa shape index (κ2) is 5.93. The summed E-state index contributed by atoms with van der Waals surface area (Å²) in [7, 11) is 0. The summed E-state index contributed by atoms with van der Waals surface area (Å²) in [5.41, 5.74) is 1.07. The van der Waals surface area contributed by atoms with E-state index in [9.17, 15) is 9.59 Å². The molecule has 7 atom stereocenters. The summed E-state index contributed by atoms with van der Waals surface area (Å²) in [5.74, 6) is 2.96. The number of rotatable bonds is 2. The third-order valence-corrected chi connectivity index (χ3v) is 8.92. The summed E-state index contributed by atoms with van der Waals surface area (Å²) in [6.07, 6.45) is 16.2. The van der Waals surface area contributed by atoms with Crippen molar-refractivity contribution in [2.45, 2.75) is 63.9 Å². The molecule has 0 bridgehead atoms. The van der Waals surface area contributed by atoms with Crippen molar-refractivity contribution in [2.24, 2.45) is 35.0 Å². The quantitative estimate of drug-likeness (QED) is 0.522. The van der Waals surface area contributed by atoms with Gasteiger partial charge in [0.1, 0.15) is 11.4 Å². The number of Topliss-reactive ketones (excluding diaryl/α,β-unsaturated/α-hetero) is 1. The SMILES string of the molecule is C=C[C@@H]1C=C2CC(=O)CC[C@@H]2[C@H]2CC[C@@]3(CC)[C@@H](CC[C@@]34C=CC(=O)O4)[C@H]12. The number of hydrogen-bond donors (Lipinski definition) is 0. The highest BCUT2D eigenvalue weighted by atomic mass is 16.6. The van der Waals surface area contributed by atoms with Crippen molar-refractivity contribution < 1.29 is 14.3 Å². The van der Waals surface area contributed by atoms with Crippen molar-refractivity contribution >= 4 is 11.8 Å². The van der Waals surface area contributed by atoms with E-state index in [2.05, 4.69) is 31.7 Å². The predicted molar refractivity (Wildman–Crippen MR) is 104 cm³/mol. The van der Waals surface area contributed by atoms with Gasteiger partial charge in [-0.3, -0.25) is 4.79 Å². The third kappa shape index (κ3) is 2.20. The lowest BCUT2D eigenvalue weighted by molar-refractivity contribution is -0.164. The Labute approximate surface area is 161 Å². The molecule has 144 valence electrons. The number of fused-ring (bicyclic) bond motifs is 6. The van der Waals surface area contributed by atoms with Crippen LogP contribution >= 0.6 is 0 Å². The fourth-order valence-electron chi connectivity index (χ4n) is 7.90. The smallest absolute Gasteiger partial charge is 0.331 e. The van der Waals surface area contributed by atoms with E-state index in [-0.39, 0.29) is 17.0 Å². The minimum atomic E-state index is -0.382. The molecule has 1 aliphatic heterocycles. The first-order valence-corrected chi connectivity index (χ1v) is 10.8. The van der Waals surface area contributed by atoms with Crippen LogP contribution in [0, 0.1) is 35.0 Å². The van der Waals surface area contributed by atoms with Gasteiger partial charge in [-0.1, -0.05) is 24.6 Å². The molecule has 27 heavy (non-hydrogen) atoms. The molecule has 3 saturated carbocycles. The average Bonchev–Trinajstić information content (AvgIpc) is 3.21. The Morgan fingerprint density at radius 2 is 2.11 bits per heavy atom. The zero-order valence-corrected chi connectivity index (χ0v) is 16.3. The third-order valence-electron chi connectivity index (χ3n) is 8.92.